The highest BCUT2D eigenvalue weighted by Crippen LogP contribution is 2.29. The topological polar surface area (TPSA) is 33.1 Å². The van der Waals surface area contributed by atoms with Gasteiger partial charge >= 0.3 is 0 Å². The summed E-state index contributed by atoms with van der Waals surface area (Å²) < 4.78 is 0. The number of aryl methyl sites for hydroxylation is 2. The molecule has 2 nitrogen and oxygen atoms in total. The van der Waals surface area contributed by atoms with Crippen LogP contribution in [-0.2, 0) is 6.42 Å². The highest BCUT2D eigenvalue weighted by Gasteiger charge is 2.10. The predicted octanol–water partition coefficient (Wildman–Crippen LogP) is 3.90. The molecular weight excluding hydrogens is 210 g/mol. The van der Waals surface area contributed by atoms with Gasteiger partial charge in [0.15, 0.2) is 0 Å². The zero-order valence-electron chi connectivity index (χ0n) is 10.7. The number of benzene rings is 1. The van der Waals surface area contributed by atoms with Crippen LogP contribution in [0.5, 0.6) is 5.75 Å². The van der Waals surface area contributed by atoms with Gasteiger partial charge in [-0.1, -0.05) is 25.5 Å². The second-order valence-corrected chi connectivity index (χ2v) is 4.58. The molecular formula is C15H19NO. The minimum absolute atomic E-state index is 0.274. The molecule has 0 bridgehead atoms. The Balaban J connectivity index is 2.63. The fourth-order valence-electron chi connectivity index (χ4n) is 2.34. The molecule has 2 rings (SSSR count). The molecule has 0 amide bonds. The molecule has 0 radical (unpaired) electrons. The number of rotatable bonds is 3. The molecule has 0 saturated heterocycles. The van der Waals surface area contributed by atoms with E-state index in [0.29, 0.717) is 0 Å². The second-order valence-electron chi connectivity index (χ2n) is 4.58. The Morgan fingerprint density at radius 2 is 2.00 bits per heavy atom. The third kappa shape index (κ3) is 2.12. The van der Waals surface area contributed by atoms with Crippen LogP contribution in [0.1, 0.15) is 36.6 Å². The van der Waals surface area contributed by atoms with Gasteiger partial charge < -0.3 is 5.11 Å². The summed E-state index contributed by atoms with van der Waals surface area (Å²) in [6, 6.07) is 5.61. The van der Waals surface area contributed by atoms with Crippen LogP contribution in [0.2, 0.25) is 0 Å². The number of nitrogens with zero attached hydrogens (tertiary/aromatic N) is 1. The van der Waals surface area contributed by atoms with Crippen molar-refractivity contribution < 1.29 is 5.11 Å². The normalized spacial score (nSPS) is 11.0. The van der Waals surface area contributed by atoms with E-state index >= 15 is 0 Å². The number of fused-ring (bicyclic) bond motifs is 1. The molecule has 1 aromatic carbocycles. The number of unbranched alkanes of at least 4 members (excludes halogenated alkanes) is 1. The first-order valence-electron chi connectivity index (χ1n) is 6.23. The lowest BCUT2D eigenvalue weighted by atomic mass is 9.97. The summed E-state index contributed by atoms with van der Waals surface area (Å²) in [5.74, 6) is 0.274. The largest absolute Gasteiger partial charge is 0.506 e. The Bertz CT molecular complexity index is 546. The minimum Gasteiger partial charge on any atom is -0.506 e. The summed E-state index contributed by atoms with van der Waals surface area (Å²) in [5, 5.41) is 10.9. The molecule has 17 heavy (non-hydrogen) atoms. The molecule has 0 saturated carbocycles. The summed E-state index contributed by atoms with van der Waals surface area (Å²) in [6.45, 7) is 6.36. The van der Waals surface area contributed by atoms with Crippen molar-refractivity contribution in [3.8, 4) is 5.75 Å². The van der Waals surface area contributed by atoms with Gasteiger partial charge in [0, 0.05) is 11.1 Å². The van der Waals surface area contributed by atoms with Crippen molar-refractivity contribution in [3.63, 3.8) is 0 Å². The lowest BCUT2D eigenvalue weighted by Gasteiger charge is -2.12. The Kier molecular flexibility index (Phi) is 3.32. The third-order valence-corrected chi connectivity index (χ3v) is 3.37. The molecule has 2 heteroatoms. The molecule has 1 N–H and O–H groups in total. The molecule has 0 spiro atoms. The number of phenolic OH excluding ortho intramolecular Hbond substituents is 1. The summed E-state index contributed by atoms with van der Waals surface area (Å²) in [7, 11) is 0. The zero-order valence-corrected chi connectivity index (χ0v) is 10.7. The van der Waals surface area contributed by atoms with Gasteiger partial charge in [0.2, 0.25) is 0 Å². The van der Waals surface area contributed by atoms with Gasteiger partial charge in [-0.15, -0.1) is 0 Å². The van der Waals surface area contributed by atoms with Crippen LogP contribution in [0.4, 0.5) is 0 Å². The van der Waals surface area contributed by atoms with Crippen molar-refractivity contribution in [1.82, 2.24) is 4.98 Å². The molecule has 90 valence electrons. The Morgan fingerprint density at radius 1 is 1.24 bits per heavy atom. The van der Waals surface area contributed by atoms with Crippen LogP contribution in [0.3, 0.4) is 0 Å². The number of hydrogen-bond donors (Lipinski definition) is 1. The number of phenols is 1. The van der Waals surface area contributed by atoms with E-state index in [1.165, 1.54) is 24.0 Å². The van der Waals surface area contributed by atoms with Crippen LogP contribution < -0.4 is 0 Å². The van der Waals surface area contributed by atoms with Crippen LogP contribution in [0.15, 0.2) is 18.2 Å². The number of hydrogen-bond acceptors (Lipinski definition) is 2. The second kappa shape index (κ2) is 4.74. The van der Waals surface area contributed by atoms with Crippen molar-refractivity contribution in [2.45, 2.75) is 40.0 Å². The SMILES string of the molecule is CCCCc1c(C)nc2c(O)cccc2c1C. The first kappa shape index (κ1) is 11.9. The van der Waals surface area contributed by atoms with E-state index in [4.69, 9.17) is 0 Å². The molecule has 0 aliphatic heterocycles. The number of para-hydroxylation sites is 1. The van der Waals surface area contributed by atoms with E-state index in [2.05, 4.69) is 18.8 Å². The predicted molar refractivity (Wildman–Crippen MR) is 71.5 cm³/mol. The van der Waals surface area contributed by atoms with Crippen molar-refractivity contribution in [1.29, 1.82) is 0 Å². The Labute approximate surface area is 102 Å². The molecule has 2 aromatic rings. The maximum absolute atomic E-state index is 9.82. The van der Waals surface area contributed by atoms with Gasteiger partial charge in [-0.3, -0.25) is 0 Å². The molecule has 1 heterocycles. The molecule has 0 aliphatic carbocycles. The van der Waals surface area contributed by atoms with Crippen molar-refractivity contribution in [2.75, 3.05) is 0 Å². The first-order valence-corrected chi connectivity index (χ1v) is 6.23. The highest BCUT2D eigenvalue weighted by atomic mass is 16.3. The average molecular weight is 229 g/mol. The number of pyridine rings is 1. The van der Waals surface area contributed by atoms with E-state index in [0.717, 1.165) is 23.0 Å². The van der Waals surface area contributed by atoms with Gasteiger partial charge in [-0.05, 0) is 43.9 Å². The van der Waals surface area contributed by atoms with Crippen LogP contribution in [0, 0.1) is 13.8 Å². The quantitative estimate of drug-likeness (QED) is 0.865. The maximum atomic E-state index is 9.82. The summed E-state index contributed by atoms with van der Waals surface area (Å²) >= 11 is 0. The molecule has 0 atom stereocenters. The van der Waals surface area contributed by atoms with Gasteiger partial charge in [0.05, 0.1) is 0 Å². The molecule has 1 aromatic heterocycles. The van der Waals surface area contributed by atoms with Crippen molar-refractivity contribution in [3.05, 3.63) is 35.0 Å². The van der Waals surface area contributed by atoms with Gasteiger partial charge in [0.25, 0.3) is 0 Å². The maximum Gasteiger partial charge on any atom is 0.141 e. The standard InChI is InChI=1S/C15H19NO/c1-4-5-7-12-10(2)13-8-6-9-14(17)15(13)16-11(12)3/h6,8-9,17H,4-5,7H2,1-3H3. The Hall–Kier alpha value is -1.57. The minimum atomic E-state index is 0.274. The highest BCUT2D eigenvalue weighted by molar-refractivity contribution is 5.88. The fourth-order valence-corrected chi connectivity index (χ4v) is 2.34. The van der Waals surface area contributed by atoms with E-state index in [1.54, 1.807) is 6.07 Å². The molecule has 0 unspecified atom stereocenters. The zero-order chi connectivity index (χ0) is 12.4. The van der Waals surface area contributed by atoms with Crippen LogP contribution in [-0.4, -0.2) is 10.1 Å². The Morgan fingerprint density at radius 3 is 2.71 bits per heavy atom. The average Bonchev–Trinajstić information content (AvgIpc) is 2.31. The van der Waals surface area contributed by atoms with E-state index in [9.17, 15) is 5.11 Å². The van der Waals surface area contributed by atoms with E-state index in [-0.39, 0.29) is 5.75 Å². The third-order valence-electron chi connectivity index (χ3n) is 3.37. The summed E-state index contributed by atoms with van der Waals surface area (Å²) in [6.07, 6.45) is 3.46. The lowest BCUT2D eigenvalue weighted by molar-refractivity contribution is 0.480. The smallest absolute Gasteiger partial charge is 0.141 e. The molecule has 0 aliphatic rings. The molecule has 0 fully saturated rings. The van der Waals surface area contributed by atoms with Crippen LogP contribution >= 0.6 is 0 Å². The van der Waals surface area contributed by atoms with Crippen molar-refractivity contribution in [2.24, 2.45) is 0 Å². The summed E-state index contributed by atoms with van der Waals surface area (Å²) in [5.41, 5.74) is 4.37. The van der Waals surface area contributed by atoms with E-state index in [1.807, 2.05) is 19.1 Å². The van der Waals surface area contributed by atoms with Crippen molar-refractivity contribution >= 4 is 10.9 Å². The van der Waals surface area contributed by atoms with E-state index < -0.39 is 0 Å². The number of aromatic hydroxyl groups is 1. The van der Waals surface area contributed by atoms with Gasteiger partial charge in [0.1, 0.15) is 11.3 Å². The monoisotopic (exact) mass is 229 g/mol. The first-order chi connectivity index (χ1) is 8.15. The lowest BCUT2D eigenvalue weighted by Crippen LogP contribution is -1.99. The number of aromatic nitrogens is 1. The fraction of sp³-hybridized carbons (Fsp3) is 0.400. The van der Waals surface area contributed by atoms with Gasteiger partial charge in [-0.25, -0.2) is 4.98 Å². The van der Waals surface area contributed by atoms with Gasteiger partial charge in [-0.2, -0.15) is 0 Å². The summed E-state index contributed by atoms with van der Waals surface area (Å²) in [4.78, 5) is 4.54. The van der Waals surface area contributed by atoms with Crippen LogP contribution in [0.25, 0.3) is 10.9 Å².